The first-order chi connectivity index (χ1) is 50.8. The van der Waals surface area contributed by atoms with E-state index in [1.807, 2.05) is 27.7 Å². The molecule has 29 heteroatoms. The lowest BCUT2D eigenvalue weighted by molar-refractivity contribution is -0.143. The van der Waals surface area contributed by atoms with Crippen LogP contribution in [0.5, 0.6) is 0 Å². The first kappa shape index (κ1) is 94.0. The Balaban J connectivity index is 1.63. The highest BCUT2D eigenvalue weighted by molar-refractivity contribution is 14.1. The highest BCUT2D eigenvalue weighted by Crippen LogP contribution is 2.40. The van der Waals surface area contributed by atoms with Gasteiger partial charge in [0.1, 0.15) is 30.8 Å². The molecule has 2 aromatic rings. The molecule has 2 aromatic carbocycles. The Bertz CT molecular complexity index is 3110. The third kappa shape index (κ3) is 31.0. The molecule has 0 aromatic heterocycles. The average molecular weight is 1620 g/mol. The second-order valence-corrected chi connectivity index (χ2v) is 31.4. The second kappa shape index (κ2) is 49.0. The minimum Gasteiger partial charge on any atom is -0.481 e. The molecule has 11 amide bonds. The summed E-state index contributed by atoms with van der Waals surface area (Å²) in [6.45, 7) is 20.3. The molecule has 3 rings (SSSR count). The van der Waals surface area contributed by atoms with Crippen molar-refractivity contribution in [3.63, 3.8) is 0 Å². The van der Waals surface area contributed by atoms with Crippen molar-refractivity contribution in [1.82, 2.24) is 47.0 Å². The number of nitrogens with two attached hydrogens (primary N) is 1. The predicted octanol–water partition coefficient (Wildman–Crippen LogP) is 7.90. The number of carbonyl (C=O) groups excluding carboxylic acids is 10. The van der Waals surface area contributed by atoms with Gasteiger partial charge in [-0.1, -0.05) is 167 Å². The van der Waals surface area contributed by atoms with Crippen molar-refractivity contribution >= 4 is 93.6 Å². The molecular weight excluding hydrogens is 1490 g/mol. The molecule has 0 bridgehead atoms. The van der Waals surface area contributed by atoms with Crippen LogP contribution in [0.4, 0.5) is 15.3 Å². The summed E-state index contributed by atoms with van der Waals surface area (Å²) in [5.74, 6) is -7.06. The zero-order chi connectivity index (χ0) is 80.1. The van der Waals surface area contributed by atoms with Crippen LogP contribution in [-0.4, -0.2) is 203 Å². The number of halogens is 1. The van der Waals surface area contributed by atoms with Gasteiger partial charge in [0.2, 0.25) is 47.3 Å². The summed E-state index contributed by atoms with van der Waals surface area (Å²) < 4.78 is 17.1. The number of primary amides is 1. The number of unbranched alkanes of at least 4 members (excludes halogenated alkanes) is 3. The van der Waals surface area contributed by atoms with E-state index in [-0.39, 0.29) is 75.5 Å². The molecule has 1 aliphatic rings. The fourth-order valence-electron chi connectivity index (χ4n) is 13.7. The van der Waals surface area contributed by atoms with E-state index in [0.717, 1.165) is 49.0 Å². The molecule has 604 valence electrons. The van der Waals surface area contributed by atoms with E-state index in [9.17, 15) is 68.1 Å². The first-order valence-corrected chi connectivity index (χ1v) is 39.6. The summed E-state index contributed by atoms with van der Waals surface area (Å²) in [6.07, 6.45) is 7.65. The smallest absolute Gasteiger partial charge is 0.410 e. The van der Waals surface area contributed by atoms with Crippen LogP contribution in [0.25, 0.3) is 0 Å². The number of aliphatic hydroxyl groups is 2. The number of alkyl halides is 1. The number of likely N-dealkylation sites (N-methyl/N-ethyl adjacent to an activating group) is 1. The molecule has 1 saturated heterocycles. The number of carbonyl (C=O) groups is 11. The standard InChI is InChI=1S/C78H128IN11O17/c1-15-20-38-78(79,19-5)58(43-65(95)96)71(98)81-39-23-21-22-29-63(93)86-66(48(6)7)74(101)85-59(27-24-40-82-76(80)103)72(99)83-56-36-32-53(33-37-56)47-107-77(104)89(12)61(46-92)73(100)87-67(49(8)9)75(102)88-68(50(10)17-3)62(105-13)44-64(94)90-41-25-28-60(90)69(106-14)51(11)70(97)84-57(45-91)42-52-30-34-55(35-31-52)54(18-4)26-16-2/h30-37,48-51,54,57-62,66-69,91-92H,15-29,38-47H2,1-14H3,(H,81,98)(H,83,99)(H,84,97)(H,85,101)(H,86,93)(H,87,100)(H,88,102)(H,95,96)(H3,80,82,103)/t50-,51+,54?,57-,58?,59-,60-,61-,62+,66-,67-,68-,69+,78?/m0/s1. The van der Waals surface area contributed by atoms with Gasteiger partial charge in [-0.3, -0.25) is 48.1 Å². The van der Waals surface area contributed by atoms with Gasteiger partial charge in [-0.15, -0.1) is 0 Å². The lowest BCUT2D eigenvalue weighted by Crippen LogP contribution is -2.60. The number of aliphatic hydroxyl groups excluding tert-OH is 2. The minimum atomic E-state index is -1.51. The van der Waals surface area contributed by atoms with Crippen LogP contribution >= 0.6 is 22.6 Å². The molecule has 1 heterocycles. The summed E-state index contributed by atoms with van der Waals surface area (Å²) >= 11 is 2.24. The van der Waals surface area contributed by atoms with Gasteiger partial charge in [0, 0.05) is 56.4 Å². The second-order valence-electron chi connectivity index (χ2n) is 29.2. The van der Waals surface area contributed by atoms with Crippen LogP contribution in [0, 0.1) is 29.6 Å². The number of hydrogen-bond donors (Lipinski definition) is 12. The molecule has 3 unspecified atom stereocenters. The van der Waals surface area contributed by atoms with E-state index in [0.29, 0.717) is 81.6 Å². The van der Waals surface area contributed by atoms with Crippen molar-refractivity contribution in [2.24, 2.45) is 35.3 Å². The number of benzene rings is 2. The van der Waals surface area contributed by atoms with E-state index in [1.165, 1.54) is 39.0 Å². The molecular formula is C78H128IN11O17. The van der Waals surface area contributed by atoms with Gasteiger partial charge in [-0.2, -0.15) is 0 Å². The van der Waals surface area contributed by atoms with Gasteiger partial charge in [-0.25, -0.2) is 9.59 Å². The van der Waals surface area contributed by atoms with Crippen LogP contribution < -0.4 is 48.3 Å². The number of ether oxygens (including phenoxy) is 3. The number of hydrogen-bond acceptors (Lipinski definition) is 16. The number of rotatable bonds is 51. The van der Waals surface area contributed by atoms with Gasteiger partial charge in [-0.05, 0) is 123 Å². The van der Waals surface area contributed by atoms with E-state index >= 15 is 0 Å². The molecule has 14 atom stereocenters. The highest BCUT2D eigenvalue weighted by Gasteiger charge is 2.44. The number of nitrogens with one attached hydrogen (secondary N) is 8. The Hall–Kier alpha value is -7.22. The maximum atomic E-state index is 14.5. The van der Waals surface area contributed by atoms with E-state index in [2.05, 4.69) is 103 Å². The Morgan fingerprint density at radius 3 is 1.87 bits per heavy atom. The van der Waals surface area contributed by atoms with Crippen LogP contribution in [0.1, 0.15) is 214 Å². The Kier molecular flexibility index (Phi) is 43.1. The van der Waals surface area contributed by atoms with Crippen molar-refractivity contribution < 1.29 is 82.3 Å². The van der Waals surface area contributed by atoms with Gasteiger partial charge in [0.05, 0.1) is 68.2 Å². The number of aliphatic carboxylic acids is 1. The van der Waals surface area contributed by atoms with E-state index < -0.39 is 136 Å². The van der Waals surface area contributed by atoms with Gasteiger partial charge < -0.3 is 82.7 Å². The van der Waals surface area contributed by atoms with Crippen molar-refractivity contribution in [2.45, 2.75) is 269 Å². The number of likely N-dealkylation sites (tertiary alicyclic amines) is 1. The first-order valence-electron chi connectivity index (χ1n) is 38.5. The Labute approximate surface area is 648 Å². The molecule has 1 fully saturated rings. The Morgan fingerprint density at radius 2 is 1.31 bits per heavy atom. The molecule has 107 heavy (non-hydrogen) atoms. The Morgan fingerprint density at radius 1 is 0.673 bits per heavy atom. The minimum absolute atomic E-state index is 0.0597. The number of amides is 11. The normalized spacial score (nSPS) is 16.9. The molecule has 0 aliphatic carbocycles. The summed E-state index contributed by atoms with van der Waals surface area (Å²) in [6, 6.07) is 7.19. The number of urea groups is 1. The molecule has 28 nitrogen and oxygen atoms in total. The fourth-order valence-corrected chi connectivity index (χ4v) is 14.5. The summed E-state index contributed by atoms with van der Waals surface area (Å²) in [4.78, 5) is 150. The topological polar surface area (TPSA) is 405 Å². The van der Waals surface area contributed by atoms with E-state index in [4.69, 9.17) is 19.9 Å². The predicted molar refractivity (Wildman–Crippen MR) is 419 cm³/mol. The molecule has 0 saturated carbocycles. The van der Waals surface area contributed by atoms with Crippen LogP contribution in [0.2, 0.25) is 0 Å². The third-order valence-corrected chi connectivity index (χ3v) is 22.7. The maximum Gasteiger partial charge on any atom is 0.410 e. The van der Waals surface area contributed by atoms with Crippen LogP contribution in [-0.2, 0) is 70.4 Å². The molecule has 1 aliphatic heterocycles. The summed E-state index contributed by atoms with van der Waals surface area (Å²) in [5.41, 5.74) is 8.29. The largest absolute Gasteiger partial charge is 0.481 e. The fraction of sp³-hybridized carbons (Fsp3) is 0.705. The van der Waals surface area contributed by atoms with Crippen LogP contribution in [0.3, 0.4) is 0 Å². The van der Waals surface area contributed by atoms with Crippen molar-refractivity contribution in [3.05, 3.63) is 65.2 Å². The van der Waals surface area contributed by atoms with Gasteiger partial charge >= 0.3 is 18.1 Å². The maximum absolute atomic E-state index is 14.5. The van der Waals surface area contributed by atoms with Gasteiger partial charge in [0.15, 0.2) is 0 Å². The zero-order valence-corrected chi connectivity index (χ0v) is 68.0. The average Bonchev–Trinajstić information content (AvgIpc) is 1.75. The van der Waals surface area contributed by atoms with Crippen molar-refractivity contribution in [3.8, 4) is 0 Å². The highest BCUT2D eigenvalue weighted by atomic mass is 127. The summed E-state index contributed by atoms with van der Waals surface area (Å²) in [5, 5.41) is 53.0. The van der Waals surface area contributed by atoms with Crippen molar-refractivity contribution in [2.75, 3.05) is 59.4 Å². The number of carboxylic acid groups (broad SMARTS) is 1. The number of anilines is 1. The SMILES string of the molecule is CCCCC(I)(CC)C(CC(=O)O)C(=O)NCCCCCC(=O)N[C@H](C(=O)N[C@@H](CCCNC(N)=O)C(=O)Nc1ccc(COC(=O)N(C)[C@@H](CO)C(=O)N[C@H](C(=O)N[C@@H]([C@@H](C)CC)[C@@H](CC(=O)N2CCC[C@H]2[C@H](OC)[C@@H](C)C(=O)N[C@H](CO)Cc2ccc(C(CC)CCC)cc2)OC)C(C)C)cc1)C(C)C. The monoisotopic (exact) mass is 1620 g/mol. The number of carboxylic acids is 1. The zero-order valence-electron chi connectivity index (χ0n) is 65.9. The van der Waals surface area contributed by atoms with Crippen molar-refractivity contribution in [1.29, 1.82) is 0 Å². The number of nitrogens with zero attached hydrogens (tertiary/aromatic N) is 2. The molecule has 0 spiro atoms. The number of methoxy groups -OCH3 is 2. The summed E-state index contributed by atoms with van der Waals surface area (Å²) in [7, 11) is 4.23. The van der Waals surface area contributed by atoms with Crippen LogP contribution in [0.15, 0.2) is 48.5 Å². The third-order valence-electron chi connectivity index (χ3n) is 20.6. The van der Waals surface area contributed by atoms with E-state index in [1.54, 1.807) is 51.7 Å². The lowest BCUT2D eigenvalue weighted by Gasteiger charge is -2.37. The molecule has 0 radical (unpaired) electrons. The molecule has 13 N–H and O–H groups in total. The van der Waals surface area contributed by atoms with Gasteiger partial charge in [0.25, 0.3) is 0 Å². The lowest BCUT2D eigenvalue weighted by atomic mass is 9.83. The quantitative estimate of drug-likeness (QED) is 0.0170.